The van der Waals surface area contributed by atoms with Crippen molar-refractivity contribution < 1.29 is 22.7 Å². The quantitative estimate of drug-likeness (QED) is 0.537. The summed E-state index contributed by atoms with van der Waals surface area (Å²) >= 11 is 0. The summed E-state index contributed by atoms with van der Waals surface area (Å²) in [4.78, 5) is 18.7. The van der Waals surface area contributed by atoms with Crippen LogP contribution in [0.4, 0.5) is 17.1 Å². The molecule has 0 radical (unpaired) electrons. The van der Waals surface area contributed by atoms with Gasteiger partial charge in [-0.1, -0.05) is 0 Å². The van der Waals surface area contributed by atoms with E-state index < -0.39 is 21.7 Å². The average molecular weight is 449 g/mol. The van der Waals surface area contributed by atoms with Crippen LogP contribution in [0.25, 0.3) is 0 Å². The number of hydrogen-bond acceptors (Lipinski definition) is 7. The molecule has 1 aliphatic rings. The number of pyridine rings is 1. The van der Waals surface area contributed by atoms with Gasteiger partial charge in [0.15, 0.2) is 0 Å². The number of methoxy groups -OCH3 is 1. The molecule has 1 fully saturated rings. The fourth-order valence-electron chi connectivity index (χ4n) is 3.29. The van der Waals surface area contributed by atoms with E-state index >= 15 is 0 Å². The number of anilines is 3. The molecule has 3 rings (SSSR count). The number of aromatic nitrogens is 1. The SMILES string of the molecule is COCCOc1ncccc1NC(=O)CS(=O)(=O)Nc1ccc(N2CCCCC2)cc1. The Hall–Kier alpha value is -2.85. The van der Waals surface area contributed by atoms with Gasteiger partial charge in [-0.05, 0) is 55.7 Å². The van der Waals surface area contributed by atoms with Gasteiger partial charge in [-0.15, -0.1) is 0 Å². The topological polar surface area (TPSA) is 110 Å². The van der Waals surface area contributed by atoms with Gasteiger partial charge in [0.2, 0.25) is 21.8 Å². The first-order chi connectivity index (χ1) is 15.0. The molecule has 2 aromatic rings. The molecule has 0 atom stereocenters. The number of benzene rings is 1. The predicted octanol–water partition coefficient (Wildman–Crippen LogP) is 2.48. The van der Waals surface area contributed by atoms with E-state index in [0.29, 0.717) is 18.0 Å². The average Bonchev–Trinajstić information content (AvgIpc) is 2.75. The zero-order chi connectivity index (χ0) is 22.1. The zero-order valence-corrected chi connectivity index (χ0v) is 18.4. The minimum atomic E-state index is -3.88. The fraction of sp³-hybridized carbons (Fsp3) is 0.429. The van der Waals surface area contributed by atoms with Crippen molar-refractivity contribution in [1.82, 2.24) is 4.98 Å². The van der Waals surface area contributed by atoms with Crippen LogP contribution in [0.1, 0.15) is 19.3 Å². The maximum absolute atomic E-state index is 12.4. The molecule has 168 valence electrons. The lowest BCUT2D eigenvalue weighted by molar-refractivity contribution is -0.113. The van der Waals surface area contributed by atoms with E-state index in [-0.39, 0.29) is 12.5 Å². The Kier molecular flexibility index (Phi) is 8.07. The molecule has 1 aromatic heterocycles. The molecule has 1 saturated heterocycles. The normalized spacial score (nSPS) is 14.2. The molecule has 1 amide bonds. The summed E-state index contributed by atoms with van der Waals surface area (Å²) in [7, 11) is -2.34. The highest BCUT2D eigenvalue weighted by atomic mass is 32.2. The smallest absolute Gasteiger partial charge is 0.241 e. The molecule has 2 N–H and O–H groups in total. The second-order valence-corrected chi connectivity index (χ2v) is 8.92. The first-order valence-electron chi connectivity index (χ1n) is 10.2. The molecule has 9 nitrogen and oxygen atoms in total. The van der Waals surface area contributed by atoms with Crippen LogP contribution in [0, 0.1) is 0 Å². The molecule has 0 spiro atoms. The highest BCUT2D eigenvalue weighted by Crippen LogP contribution is 2.23. The van der Waals surface area contributed by atoms with Crippen LogP contribution in [0.3, 0.4) is 0 Å². The molecule has 0 bridgehead atoms. The van der Waals surface area contributed by atoms with Crippen molar-refractivity contribution in [3.63, 3.8) is 0 Å². The predicted molar refractivity (Wildman–Crippen MR) is 120 cm³/mol. The standard InChI is InChI=1S/C21H28N4O5S/c1-29-14-15-30-21-19(6-5-11-22-21)23-20(26)16-31(27,28)24-17-7-9-18(10-8-17)25-12-3-2-4-13-25/h5-11,24H,2-4,12-16H2,1H3,(H,23,26). The maximum Gasteiger partial charge on any atom is 0.241 e. The largest absolute Gasteiger partial charge is 0.474 e. The third-order valence-electron chi connectivity index (χ3n) is 4.75. The Morgan fingerprint density at radius 1 is 1.10 bits per heavy atom. The summed E-state index contributed by atoms with van der Waals surface area (Å²) in [5.74, 6) is -1.22. The van der Waals surface area contributed by atoms with Crippen molar-refractivity contribution >= 4 is 33.0 Å². The number of nitrogens with zero attached hydrogens (tertiary/aromatic N) is 2. The first kappa shape index (κ1) is 22.8. The Morgan fingerprint density at radius 3 is 2.55 bits per heavy atom. The number of carbonyl (C=O) groups excluding carboxylic acids is 1. The van der Waals surface area contributed by atoms with Crippen LogP contribution in [0.5, 0.6) is 5.88 Å². The van der Waals surface area contributed by atoms with Crippen LogP contribution < -0.4 is 19.7 Å². The van der Waals surface area contributed by atoms with Crippen LogP contribution in [0.15, 0.2) is 42.6 Å². The first-order valence-corrected chi connectivity index (χ1v) is 11.8. The summed E-state index contributed by atoms with van der Waals surface area (Å²) in [6, 6.07) is 10.4. The van der Waals surface area contributed by atoms with Gasteiger partial charge in [0.25, 0.3) is 0 Å². The third kappa shape index (κ3) is 7.11. The van der Waals surface area contributed by atoms with Gasteiger partial charge in [0.05, 0.1) is 6.61 Å². The second-order valence-electron chi connectivity index (χ2n) is 7.20. The lowest BCUT2D eigenvalue weighted by atomic mass is 10.1. The van der Waals surface area contributed by atoms with Gasteiger partial charge < -0.3 is 19.7 Å². The van der Waals surface area contributed by atoms with Crippen LogP contribution >= 0.6 is 0 Å². The number of piperidine rings is 1. The highest BCUT2D eigenvalue weighted by Gasteiger charge is 2.19. The number of carbonyl (C=O) groups is 1. The number of ether oxygens (including phenoxy) is 2. The Morgan fingerprint density at radius 2 is 1.84 bits per heavy atom. The summed E-state index contributed by atoms with van der Waals surface area (Å²) < 4.78 is 37.7. The van der Waals surface area contributed by atoms with Crippen molar-refractivity contribution in [3.05, 3.63) is 42.6 Å². The van der Waals surface area contributed by atoms with E-state index in [1.807, 2.05) is 12.1 Å². The molecule has 1 aromatic carbocycles. The summed E-state index contributed by atoms with van der Waals surface area (Å²) in [5, 5.41) is 2.54. The van der Waals surface area contributed by atoms with Gasteiger partial charge in [-0.2, -0.15) is 0 Å². The van der Waals surface area contributed by atoms with Crippen molar-refractivity contribution in [3.8, 4) is 5.88 Å². The van der Waals surface area contributed by atoms with Crippen LogP contribution in [-0.4, -0.2) is 58.5 Å². The molecule has 0 aliphatic carbocycles. The number of nitrogens with one attached hydrogen (secondary N) is 2. The van der Waals surface area contributed by atoms with Crippen molar-refractivity contribution in [2.75, 3.05) is 54.1 Å². The minimum absolute atomic E-state index is 0.201. The van der Waals surface area contributed by atoms with Crippen molar-refractivity contribution in [1.29, 1.82) is 0 Å². The van der Waals surface area contributed by atoms with Gasteiger partial charge in [-0.25, -0.2) is 13.4 Å². The Balaban J connectivity index is 1.56. The van der Waals surface area contributed by atoms with Crippen molar-refractivity contribution in [2.45, 2.75) is 19.3 Å². The maximum atomic E-state index is 12.4. The molecular formula is C21H28N4O5S. The molecule has 0 saturated carbocycles. The van der Waals surface area contributed by atoms with E-state index in [4.69, 9.17) is 9.47 Å². The minimum Gasteiger partial charge on any atom is -0.474 e. The lowest BCUT2D eigenvalue weighted by Gasteiger charge is -2.28. The molecule has 1 aliphatic heterocycles. The second kappa shape index (κ2) is 11.0. The van der Waals surface area contributed by atoms with Gasteiger partial charge in [0, 0.05) is 37.8 Å². The molecule has 10 heteroatoms. The lowest BCUT2D eigenvalue weighted by Crippen LogP contribution is -2.29. The van der Waals surface area contributed by atoms with E-state index in [2.05, 4.69) is 19.9 Å². The molecular weight excluding hydrogens is 420 g/mol. The number of hydrogen-bond donors (Lipinski definition) is 2. The van der Waals surface area contributed by atoms with E-state index in [9.17, 15) is 13.2 Å². The zero-order valence-electron chi connectivity index (χ0n) is 17.5. The third-order valence-corrected chi connectivity index (χ3v) is 5.94. The van der Waals surface area contributed by atoms with E-state index in [1.54, 1.807) is 31.4 Å². The molecule has 0 unspecified atom stereocenters. The summed E-state index contributed by atoms with van der Waals surface area (Å²) in [6.07, 6.45) is 5.10. The Labute approximate surface area is 182 Å². The van der Waals surface area contributed by atoms with Crippen LogP contribution in [-0.2, 0) is 19.6 Å². The Bertz CT molecular complexity index is 960. The summed E-state index contributed by atoms with van der Waals surface area (Å²) in [5.41, 5.74) is 1.78. The number of sulfonamides is 1. The highest BCUT2D eigenvalue weighted by molar-refractivity contribution is 7.93. The fourth-order valence-corrected chi connectivity index (χ4v) is 4.27. The van der Waals surface area contributed by atoms with E-state index in [1.165, 1.54) is 25.5 Å². The van der Waals surface area contributed by atoms with Gasteiger partial charge in [-0.3, -0.25) is 9.52 Å². The van der Waals surface area contributed by atoms with Gasteiger partial charge >= 0.3 is 0 Å². The van der Waals surface area contributed by atoms with Gasteiger partial charge in [0.1, 0.15) is 18.0 Å². The van der Waals surface area contributed by atoms with Crippen LogP contribution in [0.2, 0.25) is 0 Å². The number of rotatable bonds is 10. The number of amides is 1. The van der Waals surface area contributed by atoms with Crippen molar-refractivity contribution in [2.24, 2.45) is 0 Å². The van der Waals surface area contributed by atoms with E-state index in [0.717, 1.165) is 18.8 Å². The summed E-state index contributed by atoms with van der Waals surface area (Å²) in [6.45, 7) is 2.63. The monoisotopic (exact) mass is 448 g/mol. The molecule has 2 heterocycles. The molecule has 31 heavy (non-hydrogen) atoms.